The summed E-state index contributed by atoms with van der Waals surface area (Å²) in [7, 11) is 0. The molecule has 0 radical (unpaired) electrons. The van der Waals surface area contributed by atoms with Crippen molar-refractivity contribution in [3.05, 3.63) is 65.5 Å². The molecule has 2 aromatic carbocycles. The molecular weight excluding hydrogens is 342 g/mol. The highest BCUT2D eigenvalue weighted by Gasteiger charge is 2.34. The number of aryl methyl sites for hydroxylation is 1. The Balaban J connectivity index is 1.68. The average Bonchev–Trinajstić information content (AvgIpc) is 3.31. The number of benzene rings is 2. The third kappa shape index (κ3) is 2.97. The van der Waals surface area contributed by atoms with E-state index in [1.54, 1.807) is 12.1 Å². The topological polar surface area (TPSA) is 75.4 Å². The Morgan fingerprint density at radius 3 is 2.52 bits per heavy atom. The number of hydrogen-bond donors (Lipinski definition) is 1. The van der Waals surface area contributed by atoms with Crippen LogP contribution < -0.4 is 0 Å². The van der Waals surface area contributed by atoms with Gasteiger partial charge in [0.05, 0.1) is 22.6 Å². The molecule has 0 aliphatic carbocycles. The molecule has 1 aliphatic rings. The van der Waals surface area contributed by atoms with Crippen LogP contribution in [0, 0.1) is 0 Å². The summed E-state index contributed by atoms with van der Waals surface area (Å²) in [6.07, 6.45) is 1.80. The Labute approximate surface area is 157 Å². The number of fused-ring (bicyclic) bond motifs is 1. The van der Waals surface area contributed by atoms with Crippen molar-refractivity contribution < 1.29 is 14.7 Å². The van der Waals surface area contributed by atoms with Gasteiger partial charge in [0.25, 0.3) is 5.91 Å². The van der Waals surface area contributed by atoms with Crippen molar-refractivity contribution in [1.29, 1.82) is 0 Å². The summed E-state index contributed by atoms with van der Waals surface area (Å²) < 4.78 is 2.18. The van der Waals surface area contributed by atoms with Crippen molar-refractivity contribution in [3.8, 4) is 0 Å². The Kier molecular flexibility index (Phi) is 4.39. The molecule has 0 saturated carbocycles. The maximum atomic E-state index is 13.1. The van der Waals surface area contributed by atoms with E-state index in [-0.39, 0.29) is 17.5 Å². The molecule has 1 fully saturated rings. The molecule has 1 aliphatic heterocycles. The minimum atomic E-state index is -0.996. The minimum absolute atomic E-state index is 0.0657. The number of hydrogen-bond acceptors (Lipinski definition) is 3. The summed E-state index contributed by atoms with van der Waals surface area (Å²) in [6, 6.07) is 14.1. The fraction of sp³-hybridized carbons (Fsp3) is 0.286. The standard InChI is InChI=1S/C21H21N3O3/c1-2-23-17-7-4-3-6-16(17)22-19(23)18-8-5-13-24(18)20(25)14-9-11-15(12-10-14)21(26)27/h3-4,6-7,9-12,18H,2,5,8,13H2,1H3,(H,26,27). The first-order valence-electron chi connectivity index (χ1n) is 9.19. The zero-order valence-corrected chi connectivity index (χ0v) is 15.1. The second-order valence-electron chi connectivity index (χ2n) is 6.74. The first-order valence-corrected chi connectivity index (χ1v) is 9.19. The molecule has 6 nitrogen and oxygen atoms in total. The molecule has 0 bridgehead atoms. The van der Waals surface area contributed by atoms with Crippen LogP contribution in [0.15, 0.2) is 48.5 Å². The average molecular weight is 363 g/mol. The van der Waals surface area contributed by atoms with E-state index in [9.17, 15) is 9.59 Å². The predicted octanol–water partition coefficient (Wildman–Crippen LogP) is 3.73. The third-order valence-electron chi connectivity index (χ3n) is 5.19. The fourth-order valence-electron chi connectivity index (χ4n) is 3.88. The molecule has 3 aromatic rings. The maximum absolute atomic E-state index is 13.1. The van der Waals surface area contributed by atoms with E-state index in [1.165, 1.54) is 12.1 Å². The van der Waals surface area contributed by atoms with Crippen LogP contribution in [-0.2, 0) is 6.54 Å². The molecule has 138 valence electrons. The van der Waals surface area contributed by atoms with Crippen LogP contribution in [0.5, 0.6) is 0 Å². The number of rotatable bonds is 4. The summed E-state index contributed by atoms with van der Waals surface area (Å²) in [4.78, 5) is 30.8. The zero-order chi connectivity index (χ0) is 19.0. The van der Waals surface area contributed by atoms with Gasteiger partial charge in [-0.1, -0.05) is 12.1 Å². The second-order valence-corrected chi connectivity index (χ2v) is 6.74. The van der Waals surface area contributed by atoms with Crippen LogP contribution in [0.3, 0.4) is 0 Å². The van der Waals surface area contributed by atoms with Gasteiger partial charge in [-0.25, -0.2) is 9.78 Å². The van der Waals surface area contributed by atoms with Crippen LogP contribution in [0.1, 0.15) is 52.3 Å². The lowest BCUT2D eigenvalue weighted by atomic mass is 10.1. The molecule has 2 heterocycles. The molecule has 27 heavy (non-hydrogen) atoms. The molecule has 1 N–H and O–H groups in total. The van der Waals surface area contributed by atoms with E-state index in [0.29, 0.717) is 12.1 Å². The summed E-state index contributed by atoms with van der Waals surface area (Å²) in [6.45, 7) is 3.56. The first kappa shape index (κ1) is 17.3. The quantitative estimate of drug-likeness (QED) is 0.766. The van der Waals surface area contributed by atoms with Gasteiger partial charge in [0.15, 0.2) is 0 Å². The molecule has 1 saturated heterocycles. The number of para-hydroxylation sites is 2. The Bertz CT molecular complexity index is 1010. The largest absolute Gasteiger partial charge is 0.478 e. The number of carboxylic acid groups (broad SMARTS) is 1. The number of carbonyl (C=O) groups is 2. The lowest BCUT2D eigenvalue weighted by Crippen LogP contribution is -2.32. The normalized spacial score (nSPS) is 16.8. The van der Waals surface area contributed by atoms with Crippen molar-refractivity contribution in [3.63, 3.8) is 0 Å². The van der Waals surface area contributed by atoms with Crippen molar-refractivity contribution in [2.24, 2.45) is 0 Å². The summed E-state index contributed by atoms with van der Waals surface area (Å²) in [5, 5.41) is 9.04. The van der Waals surface area contributed by atoms with E-state index in [4.69, 9.17) is 10.1 Å². The molecule has 4 rings (SSSR count). The van der Waals surface area contributed by atoms with E-state index in [2.05, 4.69) is 17.6 Å². The van der Waals surface area contributed by atoms with Gasteiger partial charge in [-0.2, -0.15) is 0 Å². The Morgan fingerprint density at radius 2 is 1.81 bits per heavy atom. The maximum Gasteiger partial charge on any atom is 0.335 e. The van der Waals surface area contributed by atoms with Crippen molar-refractivity contribution in [2.75, 3.05) is 6.54 Å². The predicted molar refractivity (Wildman–Crippen MR) is 102 cm³/mol. The first-order chi connectivity index (χ1) is 13.1. The van der Waals surface area contributed by atoms with Crippen LogP contribution in [0.2, 0.25) is 0 Å². The lowest BCUT2D eigenvalue weighted by Gasteiger charge is -2.25. The molecule has 1 aromatic heterocycles. The molecule has 0 spiro atoms. The van der Waals surface area contributed by atoms with Crippen LogP contribution in [0.4, 0.5) is 0 Å². The van der Waals surface area contributed by atoms with Crippen LogP contribution in [-0.4, -0.2) is 38.0 Å². The van der Waals surface area contributed by atoms with Gasteiger partial charge in [0, 0.05) is 18.7 Å². The van der Waals surface area contributed by atoms with E-state index >= 15 is 0 Å². The van der Waals surface area contributed by atoms with Crippen LogP contribution >= 0.6 is 0 Å². The number of likely N-dealkylation sites (tertiary alicyclic amines) is 1. The summed E-state index contributed by atoms with van der Waals surface area (Å²) in [5.74, 6) is -0.152. The summed E-state index contributed by atoms with van der Waals surface area (Å²) in [5.41, 5.74) is 2.71. The highest BCUT2D eigenvalue weighted by Crippen LogP contribution is 2.34. The van der Waals surface area contributed by atoms with Crippen molar-refractivity contribution >= 4 is 22.9 Å². The number of nitrogens with zero attached hydrogens (tertiary/aromatic N) is 3. The Hall–Kier alpha value is -3.15. The number of carboxylic acids is 1. The minimum Gasteiger partial charge on any atom is -0.478 e. The monoisotopic (exact) mass is 363 g/mol. The van der Waals surface area contributed by atoms with Gasteiger partial charge in [-0.3, -0.25) is 4.79 Å². The van der Waals surface area contributed by atoms with E-state index in [1.807, 2.05) is 23.1 Å². The third-order valence-corrected chi connectivity index (χ3v) is 5.19. The number of aromatic carboxylic acids is 1. The molecule has 6 heteroatoms. The fourth-order valence-corrected chi connectivity index (χ4v) is 3.88. The zero-order valence-electron chi connectivity index (χ0n) is 15.1. The van der Waals surface area contributed by atoms with Gasteiger partial charge >= 0.3 is 5.97 Å². The Morgan fingerprint density at radius 1 is 1.11 bits per heavy atom. The number of amides is 1. The number of aromatic nitrogens is 2. The number of imidazole rings is 1. The summed E-state index contributed by atoms with van der Waals surface area (Å²) >= 11 is 0. The lowest BCUT2D eigenvalue weighted by molar-refractivity contribution is 0.0691. The second kappa shape index (κ2) is 6.87. The molecule has 1 unspecified atom stereocenters. The molecular formula is C21H21N3O3. The van der Waals surface area contributed by atoms with Gasteiger partial charge in [0.1, 0.15) is 5.82 Å². The smallest absolute Gasteiger partial charge is 0.335 e. The van der Waals surface area contributed by atoms with Crippen molar-refractivity contribution in [2.45, 2.75) is 32.4 Å². The molecule has 1 amide bonds. The van der Waals surface area contributed by atoms with Crippen molar-refractivity contribution in [1.82, 2.24) is 14.5 Å². The highest BCUT2D eigenvalue weighted by molar-refractivity contribution is 5.96. The van der Waals surface area contributed by atoms with Gasteiger partial charge in [-0.05, 0) is 56.2 Å². The van der Waals surface area contributed by atoms with Gasteiger partial charge < -0.3 is 14.6 Å². The highest BCUT2D eigenvalue weighted by atomic mass is 16.4. The van der Waals surface area contributed by atoms with Gasteiger partial charge in [0.2, 0.25) is 0 Å². The van der Waals surface area contributed by atoms with E-state index in [0.717, 1.165) is 36.2 Å². The number of carbonyl (C=O) groups excluding carboxylic acids is 1. The van der Waals surface area contributed by atoms with Crippen LogP contribution in [0.25, 0.3) is 11.0 Å². The SMILES string of the molecule is CCn1c(C2CCCN2C(=O)c2ccc(C(=O)O)cc2)nc2ccccc21. The van der Waals surface area contributed by atoms with Gasteiger partial charge in [-0.15, -0.1) is 0 Å². The molecule has 1 atom stereocenters. The van der Waals surface area contributed by atoms with E-state index < -0.39 is 5.97 Å².